The lowest BCUT2D eigenvalue weighted by Crippen LogP contribution is -2.62. The molecule has 4 aliphatic rings. The molecule has 0 radical (unpaired) electrons. The van der Waals surface area contributed by atoms with Crippen molar-refractivity contribution in [1.82, 2.24) is 9.13 Å². The van der Waals surface area contributed by atoms with E-state index in [0.29, 0.717) is 0 Å². The lowest BCUT2D eigenvalue weighted by molar-refractivity contribution is 0.465. The Balaban J connectivity index is 0.927. The molecule has 0 atom stereocenters. The van der Waals surface area contributed by atoms with Crippen LogP contribution in [-0.2, 0) is 0 Å². The number of aromatic nitrogens is 2. The first-order chi connectivity index (χ1) is 30.7. The third kappa shape index (κ3) is 3.43. The molecule has 17 rings (SSSR count). The van der Waals surface area contributed by atoms with Crippen LogP contribution >= 0.6 is 0 Å². The minimum absolute atomic E-state index is 0.0488. The van der Waals surface area contributed by atoms with Crippen molar-refractivity contribution >= 4 is 134 Å². The summed E-state index contributed by atoms with van der Waals surface area (Å²) in [5, 5.41) is 9.44. The van der Waals surface area contributed by atoms with Crippen molar-refractivity contribution in [1.29, 1.82) is 0 Å². The van der Waals surface area contributed by atoms with Crippen molar-refractivity contribution in [2.24, 2.45) is 0 Å². The van der Waals surface area contributed by atoms with Gasteiger partial charge in [0.05, 0.1) is 11.0 Å². The molecule has 62 heavy (non-hydrogen) atoms. The van der Waals surface area contributed by atoms with Crippen LogP contribution in [0.4, 0.5) is 0 Å². The van der Waals surface area contributed by atoms with Crippen molar-refractivity contribution in [3.63, 3.8) is 0 Å². The fourth-order valence-corrected chi connectivity index (χ4v) is 12.2. The van der Waals surface area contributed by atoms with Crippen LogP contribution < -0.4 is 42.3 Å². The van der Waals surface area contributed by atoms with Gasteiger partial charge in [0.15, 0.2) is 0 Å². The van der Waals surface area contributed by atoms with Gasteiger partial charge < -0.3 is 27.4 Å². The second kappa shape index (κ2) is 10.3. The van der Waals surface area contributed by atoms with Crippen LogP contribution in [0.2, 0.25) is 0 Å². The van der Waals surface area contributed by atoms with Crippen LogP contribution in [0.15, 0.2) is 167 Å². The number of hydrogen-bond donors (Lipinski definition) is 0. The van der Waals surface area contributed by atoms with E-state index >= 15 is 0 Å². The summed E-state index contributed by atoms with van der Waals surface area (Å²) < 4.78 is 31.8. The lowest BCUT2D eigenvalue weighted by atomic mass is 9.31. The Morgan fingerprint density at radius 2 is 0.790 bits per heavy atom. The number of benzene rings is 9. The first kappa shape index (κ1) is 30.9. The van der Waals surface area contributed by atoms with E-state index < -0.39 is 0 Å². The van der Waals surface area contributed by atoms with E-state index in [-0.39, 0.29) is 13.4 Å². The molecule has 0 bridgehead atoms. The van der Waals surface area contributed by atoms with Gasteiger partial charge in [0.2, 0.25) is 0 Å². The fourth-order valence-electron chi connectivity index (χ4n) is 12.2. The van der Waals surface area contributed by atoms with Crippen molar-refractivity contribution < 1.29 is 18.3 Å². The quantitative estimate of drug-likeness (QED) is 0.144. The number of hydrogen-bond acceptors (Lipinski definition) is 4. The maximum atomic E-state index is 6.98. The molecule has 6 nitrogen and oxygen atoms in total. The van der Waals surface area contributed by atoms with Crippen molar-refractivity contribution in [2.45, 2.75) is 0 Å². The number of para-hydroxylation sites is 4. The standard InChI is InChI=1S/C54H26B2N2O4/c1-3-17-43-27(9-1)33-21-31-29-11-5-13-35-53(29)57(41(31)24-47(33)59-43)39-15-7-19-45-51(39)55(35)37-23-38-50(26-49(37)61-45)62-46-20-8-16-40-52(46)56(38)36-14-6-12-30-32-22-34-28-10-2-4-18-44(28)60-48(34)25-42(32)58(40)54(30)36/h1-26H. The van der Waals surface area contributed by atoms with Gasteiger partial charge in [-0.3, -0.25) is 0 Å². The predicted octanol–water partition coefficient (Wildman–Crippen LogP) is 9.55. The van der Waals surface area contributed by atoms with E-state index in [1.54, 1.807) is 0 Å². The topological polar surface area (TPSA) is 54.6 Å². The summed E-state index contributed by atoms with van der Waals surface area (Å²) in [6, 6.07) is 57.0. The van der Waals surface area contributed by atoms with Gasteiger partial charge in [-0.2, -0.15) is 0 Å². The summed E-state index contributed by atoms with van der Waals surface area (Å²) in [6.07, 6.45) is 0. The molecular weight excluding hydrogens is 762 g/mol. The Labute approximate surface area is 351 Å². The van der Waals surface area contributed by atoms with E-state index in [2.05, 4.69) is 155 Å². The van der Waals surface area contributed by atoms with Gasteiger partial charge in [0.1, 0.15) is 45.3 Å². The number of fused-ring (bicyclic) bond motifs is 20. The van der Waals surface area contributed by atoms with Gasteiger partial charge >= 0.3 is 0 Å². The molecule has 0 amide bonds. The molecule has 0 spiro atoms. The number of furan rings is 2. The zero-order valence-electron chi connectivity index (χ0n) is 32.7. The van der Waals surface area contributed by atoms with Crippen LogP contribution in [-0.4, -0.2) is 22.6 Å². The van der Waals surface area contributed by atoms with E-state index in [0.717, 1.165) is 100 Å². The van der Waals surface area contributed by atoms with E-state index in [4.69, 9.17) is 18.3 Å². The summed E-state index contributed by atoms with van der Waals surface area (Å²) >= 11 is 0. The molecule has 0 unspecified atom stereocenters. The normalized spacial score (nSPS) is 14.0. The number of ether oxygens (including phenoxy) is 2. The minimum Gasteiger partial charge on any atom is -0.458 e. The van der Waals surface area contributed by atoms with Gasteiger partial charge in [0, 0.05) is 83.7 Å². The minimum atomic E-state index is -0.0488. The molecule has 8 heteroatoms. The van der Waals surface area contributed by atoms with Gasteiger partial charge in [-0.15, -0.1) is 0 Å². The molecular formula is C54H26B2N2O4. The van der Waals surface area contributed by atoms with Crippen LogP contribution in [0.25, 0.3) is 98.9 Å². The average Bonchev–Trinajstić information content (AvgIpc) is 4.05. The molecule has 4 aliphatic heterocycles. The summed E-state index contributed by atoms with van der Waals surface area (Å²) in [4.78, 5) is 0. The van der Waals surface area contributed by atoms with Crippen molar-refractivity contribution in [3.8, 4) is 34.4 Å². The Hall–Kier alpha value is -8.09. The van der Waals surface area contributed by atoms with Crippen LogP contribution in [0.1, 0.15) is 0 Å². The zero-order valence-corrected chi connectivity index (χ0v) is 32.7. The molecule has 282 valence electrons. The van der Waals surface area contributed by atoms with E-state index in [1.165, 1.54) is 54.4 Å². The second-order valence-electron chi connectivity index (χ2n) is 17.5. The molecule has 9 aromatic carbocycles. The molecule has 13 aromatic rings. The highest BCUT2D eigenvalue weighted by molar-refractivity contribution is 7.02. The first-order valence-corrected chi connectivity index (χ1v) is 21.3. The largest absolute Gasteiger partial charge is 0.458 e. The molecule has 0 N–H and O–H groups in total. The average molecular weight is 788 g/mol. The van der Waals surface area contributed by atoms with E-state index in [1.807, 2.05) is 12.1 Å². The highest BCUT2D eigenvalue weighted by Crippen LogP contribution is 2.44. The smallest absolute Gasteiger partial charge is 0.256 e. The van der Waals surface area contributed by atoms with Crippen LogP contribution in [0.5, 0.6) is 23.0 Å². The SMILES string of the molecule is c1cc2c3c(c1)-n1c4cc5oc6ccccc6c5cc4c4cccc(c41)B3c1cc3c(cc1O2)Oc1cccc2c1B3c1cccc3c4cc5c(cc4n-2c13)oc1ccccc15. The third-order valence-electron chi connectivity index (χ3n) is 14.6. The van der Waals surface area contributed by atoms with Crippen molar-refractivity contribution in [2.75, 3.05) is 0 Å². The zero-order chi connectivity index (χ0) is 39.7. The second-order valence-corrected chi connectivity index (χ2v) is 17.5. The van der Waals surface area contributed by atoms with Crippen LogP contribution in [0.3, 0.4) is 0 Å². The third-order valence-corrected chi connectivity index (χ3v) is 14.6. The summed E-state index contributed by atoms with van der Waals surface area (Å²) in [5.41, 5.74) is 17.8. The highest BCUT2D eigenvalue weighted by Gasteiger charge is 2.45. The van der Waals surface area contributed by atoms with Crippen LogP contribution in [0, 0.1) is 0 Å². The fraction of sp³-hybridized carbons (Fsp3) is 0. The molecule has 0 saturated carbocycles. The first-order valence-electron chi connectivity index (χ1n) is 21.3. The Morgan fingerprint density at radius 3 is 1.31 bits per heavy atom. The van der Waals surface area contributed by atoms with Gasteiger partial charge in [-0.1, -0.05) is 91.0 Å². The maximum absolute atomic E-state index is 6.98. The Bertz CT molecular complexity index is 4050. The van der Waals surface area contributed by atoms with Gasteiger partial charge in [-0.05, 0) is 81.3 Å². The predicted molar refractivity (Wildman–Crippen MR) is 252 cm³/mol. The van der Waals surface area contributed by atoms with Crippen molar-refractivity contribution in [3.05, 3.63) is 158 Å². The molecule has 0 fully saturated rings. The highest BCUT2D eigenvalue weighted by atomic mass is 16.5. The maximum Gasteiger partial charge on any atom is 0.256 e. The molecule has 0 saturated heterocycles. The Kier molecular flexibility index (Phi) is 5.11. The summed E-state index contributed by atoms with van der Waals surface area (Å²) in [5.74, 6) is 3.42. The van der Waals surface area contributed by atoms with Gasteiger partial charge in [0.25, 0.3) is 13.4 Å². The summed E-state index contributed by atoms with van der Waals surface area (Å²) in [6.45, 7) is -0.0976. The Morgan fingerprint density at radius 1 is 0.323 bits per heavy atom. The number of nitrogens with zero attached hydrogens (tertiary/aromatic N) is 2. The lowest BCUT2D eigenvalue weighted by Gasteiger charge is -2.36. The number of rotatable bonds is 0. The summed E-state index contributed by atoms with van der Waals surface area (Å²) in [7, 11) is 0. The van der Waals surface area contributed by atoms with E-state index in [9.17, 15) is 0 Å². The molecule has 4 aromatic heterocycles. The molecule has 8 heterocycles. The van der Waals surface area contributed by atoms with Gasteiger partial charge in [-0.25, -0.2) is 0 Å². The molecule has 0 aliphatic carbocycles. The monoisotopic (exact) mass is 788 g/mol.